The Morgan fingerprint density at radius 1 is 0.857 bits per heavy atom. The van der Waals surface area contributed by atoms with E-state index >= 15 is 0 Å². The number of hydrogen-bond acceptors (Lipinski definition) is 3. The molecule has 186 valence electrons. The van der Waals surface area contributed by atoms with E-state index in [9.17, 15) is 26.4 Å². The molecular weight excluding hydrogens is 571 g/mol. The molecule has 0 atom stereocenters. The zero-order chi connectivity index (χ0) is 26.0. The van der Waals surface area contributed by atoms with E-state index in [1.165, 1.54) is 48.5 Å². The van der Waals surface area contributed by atoms with Gasteiger partial charge in [-0.15, -0.1) is 0 Å². The van der Waals surface area contributed by atoms with Crippen LogP contribution in [-0.4, -0.2) is 25.2 Å². The minimum Gasteiger partial charge on any atom is -0.325 e. The molecule has 0 aliphatic rings. The van der Waals surface area contributed by atoms with Gasteiger partial charge in [0.2, 0.25) is 15.9 Å². The van der Waals surface area contributed by atoms with Gasteiger partial charge in [0.15, 0.2) is 0 Å². The third-order valence-electron chi connectivity index (χ3n) is 4.67. The number of sulfonamides is 1. The summed E-state index contributed by atoms with van der Waals surface area (Å²) >= 11 is 23.4. The number of alkyl halides is 3. The fourth-order valence-corrected chi connectivity index (χ4v) is 5.06. The number of rotatable bonds is 7. The molecule has 0 heterocycles. The molecule has 0 saturated carbocycles. The molecule has 0 fully saturated rings. The van der Waals surface area contributed by atoms with Crippen molar-refractivity contribution in [2.45, 2.75) is 17.6 Å². The van der Waals surface area contributed by atoms with Crippen LogP contribution in [0.25, 0.3) is 0 Å². The Kier molecular flexibility index (Phi) is 8.62. The van der Waals surface area contributed by atoms with Gasteiger partial charge in [0, 0.05) is 17.3 Å². The molecule has 1 N–H and O–H groups in total. The highest BCUT2D eigenvalue weighted by atomic mass is 35.5. The van der Waals surface area contributed by atoms with E-state index in [2.05, 4.69) is 5.32 Å². The van der Waals surface area contributed by atoms with Crippen molar-refractivity contribution in [3.8, 4) is 0 Å². The van der Waals surface area contributed by atoms with Gasteiger partial charge in [-0.2, -0.15) is 17.5 Å². The summed E-state index contributed by atoms with van der Waals surface area (Å²) in [5.41, 5.74) is -0.917. The van der Waals surface area contributed by atoms with E-state index in [4.69, 9.17) is 46.4 Å². The summed E-state index contributed by atoms with van der Waals surface area (Å²) in [5.74, 6) is -0.877. The Labute approximate surface area is 219 Å². The number of benzene rings is 3. The van der Waals surface area contributed by atoms with Crippen LogP contribution in [-0.2, 0) is 27.5 Å². The molecule has 0 saturated heterocycles. The van der Waals surface area contributed by atoms with Crippen LogP contribution in [0.5, 0.6) is 0 Å². The van der Waals surface area contributed by atoms with Crippen molar-refractivity contribution in [3.63, 3.8) is 0 Å². The first-order valence-corrected chi connectivity index (χ1v) is 12.6. The third-order valence-corrected chi connectivity index (χ3v) is 7.80. The first-order valence-electron chi connectivity index (χ1n) is 9.63. The lowest BCUT2D eigenvalue weighted by Gasteiger charge is -2.22. The molecule has 0 radical (unpaired) electrons. The van der Waals surface area contributed by atoms with Crippen LogP contribution in [0.2, 0.25) is 20.1 Å². The fraction of sp³-hybridized carbons (Fsp3) is 0.136. The second-order valence-corrected chi connectivity index (χ2v) is 10.8. The molecule has 0 aliphatic carbocycles. The molecule has 3 aromatic carbocycles. The Morgan fingerprint density at radius 3 is 2.09 bits per heavy atom. The predicted molar refractivity (Wildman–Crippen MR) is 131 cm³/mol. The molecule has 3 rings (SSSR count). The lowest BCUT2D eigenvalue weighted by molar-refractivity contribution is -0.137. The van der Waals surface area contributed by atoms with Crippen LogP contribution in [0, 0.1) is 0 Å². The Morgan fingerprint density at radius 2 is 1.49 bits per heavy atom. The van der Waals surface area contributed by atoms with Gasteiger partial charge in [0.1, 0.15) is 0 Å². The maximum Gasteiger partial charge on any atom is 0.417 e. The Balaban J connectivity index is 1.91. The topological polar surface area (TPSA) is 66.5 Å². The normalized spacial score (nSPS) is 12.1. The van der Waals surface area contributed by atoms with Gasteiger partial charge < -0.3 is 5.32 Å². The average Bonchev–Trinajstić information content (AvgIpc) is 2.76. The van der Waals surface area contributed by atoms with E-state index in [0.717, 1.165) is 10.4 Å². The van der Waals surface area contributed by atoms with Gasteiger partial charge in [-0.3, -0.25) is 4.79 Å². The number of nitrogens with zero attached hydrogens (tertiary/aromatic N) is 1. The molecule has 0 spiro atoms. The van der Waals surface area contributed by atoms with Crippen LogP contribution >= 0.6 is 46.4 Å². The van der Waals surface area contributed by atoms with Crippen molar-refractivity contribution >= 4 is 68.0 Å². The first kappa shape index (κ1) is 27.6. The summed E-state index contributed by atoms with van der Waals surface area (Å²) in [4.78, 5) is 12.6. The lowest BCUT2D eigenvalue weighted by Crippen LogP contribution is -2.37. The molecule has 0 bridgehead atoms. The van der Waals surface area contributed by atoms with Crippen molar-refractivity contribution in [2.75, 3.05) is 11.9 Å². The molecule has 35 heavy (non-hydrogen) atoms. The van der Waals surface area contributed by atoms with Crippen LogP contribution in [0.3, 0.4) is 0 Å². The van der Waals surface area contributed by atoms with Gasteiger partial charge in [-0.05, 0) is 60.2 Å². The van der Waals surface area contributed by atoms with Crippen LogP contribution in [0.1, 0.15) is 11.1 Å². The van der Waals surface area contributed by atoms with Gasteiger partial charge in [0.05, 0.1) is 32.1 Å². The molecule has 0 aliphatic heterocycles. The zero-order valence-electron chi connectivity index (χ0n) is 17.4. The van der Waals surface area contributed by atoms with E-state index < -0.39 is 39.2 Å². The second kappa shape index (κ2) is 10.9. The van der Waals surface area contributed by atoms with Crippen LogP contribution in [0.4, 0.5) is 18.9 Å². The van der Waals surface area contributed by atoms with Crippen molar-refractivity contribution in [1.82, 2.24) is 4.31 Å². The fourth-order valence-electron chi connectivity index (χ4n) is 3.00. The van der Waals surface area contributed by atoms with Gasteiger partial charge in [0.25, 0.3) is 0 Å². The molecule has 0 unspecified atom stereocenters. The minimum absolute atomic E-state index is 0.138. The first-order chi connectivity index (χ1) is 16.3. The van der Waals surface area contributed by atoms with E-state index in [-0.39, 0.29) is 27.2 Å². The summed E-state index contributed by atoms with van der Waals surface area (Å²) in [6, 6.07) is 12.6. The third kappa shape index (κ3) is 7.03. The molecule has 0 aromatic heterocycles. The minimum atomic E-state index is -4.74. The standard InChI is InChI=1S/C22H15Cl4F3N2O3S/c23-14-2-5-16(6-3-14)35(33,34)31(11-13-1-7-19(25)20(26)9-13)12-21(32)30-15-4-8-18(24)17(10-15)22(27,28)29/h1-10H,11-12H2,(H,30,32). The highest BCUT2D eigenvalue weighted by Gasteiger charge is 2.34. The van der Waals surface area contributed by atoms with E-state index in [1.807, 2.05) is 0 Å². The van der Waals surface area contributed by atoms with Crippen molar-refractivity contribution in [3.05, 3.63) is 91.9 Å². The summed E-state index contributed by atoms with van der Waals surface area (Å²) in [6.07, 6.45) is -4.74. The van der Waals surface area contributed by atoms with Gasteiger partial charge in [-0.1, -0.05) is 52.5 Å². The van der Waals surface area contributed by atoms with Crippen LogP contribution < -0.4 is 5.32 Å². The zero-order valence-corrected chi connectivity index (χ0v) is 21.3. The van der Waals surface area contributed by atoms with Crippen molar-refractivity contribution in [2.24, 2.45) is 0 Å². The highest BCUT2D eigenvalue weighted by Crippen LogP contribution is 2.36. The lowest BCUT2D eigenvalue weighted by atomic mass is 10.2. The number of nitrogens with one attached hydrogen (secondary N) is 1. The monoisotopic (exact) mass is 584 g/mol. The summed E-state index contributed by atoms with van der Waals surface area (Å²) < 4.78 is 66.9. The van der Waals surface area contributed by atoms with E-state index in [0.29, 0.717) is 16.7 Å². The predicted octanol–water partition coefficient (Wildman–Crippen LogP) is 7.15. The maximum atomic E-state index is 13.3. The largest absolute Gasteiger partial charge is 0.417 e. The van der Waals surface area contributed by atoms with Gasteiger partial charge >= 0.3 is 6.18 Å². The molecule has 5 nitrogen and oxygen atoms in total. The Hall–Kier alpha value is -2.01. The molecular formula is C22H15Cl4F3N2O3S. The highest BCUT2D eigenvalue weighted by molar-refractivity contribution is 7.89. The van der Waals surface area contributed by atoms with Crippen molar-refractivity contribution in [1.29, 1.82) is 0 Å². The molecule has 1 amide bonds. The number of anilines is 1. The number of halogens is 7. The molecule has 13 heteroatoms. The number of carbonyl (C=O) groups is 1. The average molecular weight is 586 g/mol. The summed E-state index contributed by atoms with van der Waals surface area (Å²) in [7, 11) is -4.23. The number of carbonyl (C=O) groups excluding carboxylic acids is 1. The summed E-state index contributed by atoms with van der Waals surface area (Å²) in [5, 5.41) is 2.48. The number of amides is 1. The number of hydrogen-bond donors (Lipinski definition) is 1. The van der Waals surface area contributed by atoms with Gasteiger partial charge in [-0.25, -0.2) is 8.42 Å². The molecule has 3 aromatic rings. The maximum absolute atomic E-state index is 13.3. The van der Waals surface area contributed by atoms with Crippen LogP contribution in [0.15, 0.2) is 65.6 Å². The SMILES string of the molecule is O=C(CN(Cc1ccc(Cl)c(Cl)c1)S(=O)(=O)c1ccc(Cl)cc1)Nc1ccc(Cl)c(C(F)(F)F)c1. The van der Waals surface area contributed by atoms with Crippen molar-refractivity contribution < 1.29 is 26.4 Å². The smallest absolute Gasteiger partial charge is 0.325 e. The summed E-state index contributed by atoms with van der Waals surface area (Å²) in [6.45, 7) is -0.987. The van der Waals surface area contributed by atoms with E-state index in [1.54, 1.807) is 0 Å². The Bertz CT molecular complexity index is 1350. The second-order valence-electron chi connectivity index (χ2n) is 7.22. The quantitative estimate of drug-likeness (QED) is 0.320.